The molecule has 0 bridgehead atoms. The second-order valence-electron chi connectivity index (χ2n) is 6.25. The number of hydrogen-bond donors (Lipinski definition) is 1. The van der Waals surface area contributed by atoms with Crippen LogP contribution in [0.3, 0.4) is 0 Å². The van der Waals surface area contributed by atoms with Crippen LogP contribution in [0, 0.1) is 17.7 Å². The standard InChI is InChI=1S/C17H24FNO2/c1-12(2)16(14-5-7-15(18)8-6-14)17(21)19-9-3-4-13(10-19)11-20/h5-8,12-13,16,20H,3-4,9-11H2,1-2H3. The van der Waals surface area contributed by atoms with E-state index in [2.05, 4.69) is 0 Å². The summed E-state index contributed by atoms with van der Waals surface area (Å²) in [6.07, 6.45) is 1.91. The molecule has 2 rings (SSSR count). The highest BCUT2D eigenvalue weighted by atomic mass is 19.1. The van der Waals surface area contributed by atoms with Gasteiger partial charge in [0, 0.05) is 19.7 Å². The molecule has 1 aliphatic heterocycles. The van der Waals surface area contributed by atoms with E-state index in [4.69, 9.17) is 0 Å². The first kappa shape index (κ1) is 16.0. The van der Waals surface area contributed by atoms with E-state index < -0.39 is 0 Å². The van der Waals surface area contributed by atoms with Gasteiger partial charge < -0.3 is 10.0 Å². The molecule has 1 N–H and O–H groups in total. The van der Waals surface area contributed by atoms with Crippen LogP contribution in [-0.2, 0) is 4.79 Å². The SMILES string of the molecule is CC(C)C(C(=O)N1CCCC(CO)C1)c1ccc(F)cc1. The minimum atomic E-state index is -0.285. The van der Waals surface area contributed by atoms with E-state index in [1.807, 2.05) is 18.7 Å². The monoisotopic (exact) mass is 293 g/mol. The van der Waals surface area contributed by atoms with Gasteiger partial charge in [-0.05, 0) is 42.4 Å². The van der Waals surface area contributed by atoms with Crippen molar-refractivity contribution in [2.45, 2.75) is 32.6 Å². The van der Waals surface area contributed by atoms with Gasteiger partial charge in [0.2, 0.25) is 5.91 Å². The Bertz CT molecular complexity index is 472. The van der Waals surface area contributed by atoms with Crippen LogP contribution < -0.4 is 0 Å². The highest BCUT2D eigenvalue weighted by Gasteiger charge is 2.31. The van der Waals surface area contributed by atoms with E-state index in [9.17, 15) is 14.3 Å². The van der Waals surface area contributed by atoms with Crippen molar-refractivity contribution in [2.24, 2.45) is 11.8 Å². The molecule has 2 atom stereocenters. The van der Waals surface area contributed by atoms with Crippen molar-refractivity contribution in [3.63, 3.8) is 0 Å². The minimum absolute atomic E-state index is 0.0924. The number of halogens is 1. The topological polar surface area (TPSA) is 40.5 Å². The maximum atomic E-state index is 13.1. The molecule has 1 aliphatic rings. The van der Waals surface area contributed by atoms with Crippen LogP contribution in [0.15, 0.2) is 24.3 Å². The fraction of sp³-hybridized carbons (Fsp3) is 0.588. The second-order valence-corrected chi connectivity index (χ2v) is 6.25. The predicted octanol–water partition coefficient (Wildman–Crippen LogP) is 2.80. The molecule has 21 heavy (non-hydrogen) atoms. The molecular formula is C17H24FNO2. The van der Waals surface area contributed by atoms with Gasteiger partial charge in [0.05, 0.1) is 5.92 Å². The van der Waals surface area contributed by atoms with Gasteiger partial charge in [0.1, 0.15) is 5.82 Å². The number of carbonyl (C=O) groups excluding carboxylic acids is 1. The average Bonchev–Trinajstić information content (AvgIpc) is 2.49. The van der Waals surface area contributed by atoms with Crippen molar-refractivity contribution in [3.05, 3.63) is 35.6 Å². The van der Waals surface area contributed by atoms with Gasteiger partial charge in [-0.1, -0.05) is 26.0 Å². The summed E-state index contributed by atoms with van der Waals surface area (Å²) in [5.41, 5.74) is 0.863. The Morgan fingerprint density at radius 3 is 2.62 bits per heavy atom. The maximum Gasteiger partial charge on any atom is 0.230 e. The highest BCUT2D eigenvalue weighted by molar-refractivity contribution is 5.84. The fourth-order valence-electron chi connectivity index (χ4n) is 3.09. The second kappa shape index (κ2) is 7.03. The Hall–Kier alpha value is -1.42. The van der Waals surface area contributed by atoms with Crippen molar-refractivity contribution in [3.8, 4) is 0 Å². The molecule has 0 aliphatic carbocycles. The smallest absolute Gasteiger partial charge is 0.230 e. The van der Waals surface area contributed by atoms with Crippen molar-refractivity contribution in [1.29, 1.82) is 0 Å². The summed E-state index contributed by atoms with van der Waals surface area (Å²) in [5, 5.41) is 9.31. The summed E-state index contributed by atoms with van der Waals surface area (Å²) < 4.78 is 13.1. The lowest BCUT2D eigenvalue weighted by Gasteiger charge is -2.35. The van der Waals surface area contributed by atoms with Crippen molar-refractivity contribution in [2.75, 3.05) is 19.7 Å². The van der Waals surface area contributed by atoms with Crippen LogP contribution in [0.5, 0.6) is 0 Å². The number of hydrogen-bond acceptors (Lipinski definition) is 2. The van der Waals surface area contributed by atoms with Crippen LogP contribution in [0.1, 0.15) is 38.2 Å². The first-order valence-electron chi connectivity index (χ1n) is 7.68. The van der Waals surface area contributed by atoms with Crippen LogP contribution in [0.4, 0.5) is 4.39 Å². The number of nitrogens with zero attached hydrogens (tertiary/aromatic N) is 1. The number of benzene rings is 1. The average molecular weight is 293 g/mol. The molecule has 0 radical (unpaired) electrons. The van der Waals surface area contributed by atoms with Gasteiger partial charge in [-0.2, -0.15) is 0 Å². The molecule has 0 spiro atoms. The molecule has 1 amide bonds. The van der Waals surface area contributed by atoms with Gasteiger partial charge in [-0.15, -0.1) is 0 Å². The van der Waals surface area contributed by atoms with E-state index in [0.29, 0.717) is 6.54 Å². The van der Waals surface area contributed by atoms with E-state index >= 15 is 0 Å². The van der Waals surface area contributed by atoms with Gasteiger partial charge in [-0.3, -0.25) is 4.79 Å². The van der Waals surface area contributed by atoms with E-state index in [-0.39, 0.29) is 36.1 Å². The molecule has 0 aromatic heterocycles. The molecule has 2 unspecified atom stereocenters. The van der Waals surface area contributed by atoms with Gasteiger partial charge >= 0.3 is 0 Å². The predicted molar refractivity (Wildman–Crippen MR) is 80.4 cm³/mol. The Morgan fingerprint density at radius 1 is 1.38 bits per heavy atom. The van der Waals surface area contributed by atoms with Crippen LogP contribution in [0.25, 0.3) is 0 Å². The number of carbonyl (C=O) groups is 1. The summed E-state index contributed by atoms with van der Waals surface area (Å²) in [4.78, 5) is 14.7. The molecule has 3 nitrogen and oxygen atoms in total. The van der Waals surface area contributed by atoms with Crippen molar-refractivity contribution in [1.82, 2.24) is 4.90 Å². The summed E-state index contributed by atoms with van der Waals surface area (Å²) in [7, 11) is 0. The van der Waals surface area contributed by atoms with Crippen LogP contribution in [0.2, 0.25) is 0 Å². The van der Waals surface area contributed by atoms with Gasteiger partial charge in [0.15, 0.2) is 0 Å². The Balaban J connectivity index is 2.17. The molecule has 0 saturated carbocycles. The van der Waals surface area contributed by atoms with E-state index in [0.717, 1.165) is 24.9 Å². The number of likely N-dealkylation sites (tertiary alicyclic amines) is 1. The Labute approximate surface area is 125 Å². The molecular weight excluding hydrogens is 269 g/mol. The molecule has 1 saturated heterocycles. The zero-order chi connectivity index (χ0) is 15.4. The van der Waals surface area contributed by atoms with Crippen LogP contribution in [-0.4, -0.2) is 35.6 Å². The first-order valence-corrected chi connectivity index (χ1v) is 7.68. The van der Waals surface area contributed by atoms with Crippen LogP contribution >= 0.6 is 0 Å². The van der Waals surface area contributed by atoms with Gasteiger partial charge in [0.25, 0.3) is 0 Å². The third-order valence-corrected chi connectivity index (χ3v) is 4.25. The number of rotatable bonds is 4. The quantitative estimate of drug-likeness (QED) is 0.927. The number of piperidine rings is 1. The lowest BCUT2D eigenvalue weighted by Crippen LogP contribution is -2.44. The summed E-state index contributed by atoms with van der Waals surface area (Å²) in [6.45, 7) is 5.53. The third-order valence-electron chi connectivity index (χ3n) is 4.25. The largest absolute Gasteiger partial charge is 0.396 e. The molecule has 1 aromatic carbocycles. The fourth-order valence-corrected chi connectivity index (χ4v) is 3.09. The Kier molecular flexibility index (Phi) is 5.34. The lowest BCUT2D eigenvalue weighted by atomic mass is 9.86. The lowest BCUT2D eigenvalue weighted by molar-refractivity contribution is -0.136. The third kappa shape index (κ3) is 3.82. The van der Waals surface area contributed by atoms with E-state index in [1.165, 1.54) is 12.1 Å². The van der Waals surface area contributed by atoms with Crippen molar-refractivity contribution >= 4 is 5.91 Å². The number of aliphatic hydroxyl groups excluding tert-OH is 1. The Morgan fingerprint density at radius 2 is 2.05 bits per heavy atom. The molecule has 116 valence electrons. The number of amides is 1. The zero-order valence-electron chi connectivity index (χ0n) is 12.8. The normalized spacial score (nSPS) is 20.6. The number of aliphatic hydroxyl groups is 1. The summed E-state index contributed by atoms with van der Waals surface area (Å²) >= 11 is 0. The molecule has 4 heteroatoms. The molecule has 1 heterocycles. The summed E-state index contributed by atoms with van der Waals surface area (Å²) in [5.74, 6) is -0.106. The summed E-state index contributed by atoms with van der Waals surface area (Å²) in [6, 6.07) is 6.21. The van der Waals surface area contributed by atoms with Gasteiger partial charge in [-0.25, -0.2) is 4.39 Å². The maximum absolute atomic E-state index is 13.1. The molecule has 1 fully saturated rings. The van der Waals surface area contributed by atoms with E-state index in [1.54, 1.807) is 12.1 Å². The first-order chi connectivity index (χ1) is 10.0. The molecule has 1 aromatic rings. The minimum Gasteiger partial charge on any atom is -0.396 e. The van der Waals surface area contributed by atoms with Crippen molar-refractivity contribution < 1.29 is 14.3 Å². The highest BCUT2D eigenvalue weighted by Crippen LogP contribution is 2.29. The zero-order valence-corrected chi connectivity index (χ0v) is 12.8.